The van der Waals surface area contributed by atoms with E-state index in [0.717, 1.165) is 18.1 Å². The molecular formula is C16H18ClIN2. The Bertz CT molecular complexity index is 544. The van der Waals surface area contributed by atoms with Crippen molar-refractivity contribution in [2.24, 2.45) is 0 Å². The second-order valence-corrected chi connectivity index (χ2v) is 5.51. The van der Waals surface area contributed by atoms with Crippen LogP contribution < -0.4 is 28.9 Å². The lowest BCUT2D eigenvalue weighted by Crippen LogP contribution is -3.06. The molecule has 1 saturated heterocycles. The monoisotopic (exact) mass is 400 g/mol. The third-order valence-corrected chi connectivity index (χ3v) is 4.09. The van der Waals surface area contributed by atoms with E-state index in [4.69, 9.17) is 11.6 Å². The summed E-state index contributed by atoms with van der Waals surface area (Å²) < 4.78 is 0. The molecule has 2 unspecified atom stereocenters. The van der Waals surface area contributed by atoms with Gasteiger partial charge in [-0.2, -0.15) is 0 Å². The average Bonchev–Trinajstić information content (AvgIpc) is 2.82. The third kappa shape index (κ3) is 3.17. The van der Waals surface area contributed by atoms with Crippen molar-refractivity contribution in [1.82, 2.24) is 4.90 Å². The number of halogens is 2. The van der Waals surface area contributed by atoms with Crippen molar-refractivity contribution in [2.45, 2.75) is 6.17 Å². The number of quaternary nitrogens is 1. The van der Waals surface area contributed by atoms with Gasteiger partial charge in [-0.3, -0.25) is 4.90 Å². The number of nitrogens with one attached hydrogen (secondary N) is 1. The quantitative estimate of drug-likeness (QED) is 0.668. The molecule has 2 nitrogen and oxygen atoms in total. The van der Waals surface area contributed by atoms with Crippen LogP contribution in [0, 0.1) is 0 Å². The maximum atomic E-state index is 5.98. The molecule has 1 heterocycles. The maximum Gasteiger partial charge on any atom is 0.174 e. The number of rotatable bonds is 2. The summed E-state index contributed by atoms with van der Waals surface area (Å²) in [5, 5.41) is 0.798. The molecule has 0 aliphatic carbocycles. The molecule has 3 rings (SSSR count). The lowest BCUT2D eigenvalue weighted by molar-refractivity contribution is -0.859. The summed E-state index contributed by atoms with van der Waals surface area (Å²) in [5.74, 6) is 0. The lowest BCUT2D eigenvalue weighted by atomic mass is 10.1. The second kappa shape index (κ2) is 6.89. The zero-order valence-electron chi connectivity index (χ0n) is 11.4. The minimum atomic E-state index is 0. The van der Waals surface area contributed by atoms with Gasteiger partial charge in [0.1, 0.15) is 5.69 Å². The molecule has 2 aromatic rings. The fourth-order valence-corrected chi connectivity index (χ4v) is 3.01. The van der Waals surface area contributed by atoms with E-state index >= 15 is 0 Å². The molecule has 1 fully saturated rings. The van der Waals surface area contributed by atoms with E-state index in [2.05, 4.69) is 54.4 Å². The van der Waals surface area contributed by atoms with Gasteiger partial charge in [-0.15, -0.1) is 0 Å². The summed E-state index contributed by atoms with van der Waals surface area (Å²) in [6.07, 6.45) is 0.391. The Morgan fingerprint density at radius 1 is 1.05 bits per heavy atom. The van der Waals surface area contributed by atoms with Crippen molar-refractivity contribution < 1.29 is 28.9 Å². The Balaban J connectivity index is 0.00000147. The van der Waals surface area contributed by atoms with Gasteiger partial charge in [0.25, 0.3) is 0 Å². The van der Waals surface area contributed by atoms with Gasteiger partial charge in [-0.1, -0.05) is 41.9 Å². The van der Waals surface area contributed by atoms with Crippen molar-refractivity contribution in [1.29, 1.82) is 0 Å². The molecular weight excluding hydrogens is 383 g/mol. The molecule has 1 aliphatic rings. The topological polar surface area (TPSA) is 7.68 Å². The van der Waals surface area contributed by atoms with E-state index in [1.165, 1.54) is 16.2 Å². The molecule has 2 aromatic carbocycles. The van der Waals surface area contributed by atoms with E-state index in [9.17, 15) is 0 Å². The van der Waals surface area contributed by atoms with E-state index in [1.807, 2.05) is 12.1 Å². The molecule has 0 aromatic heterocycles. The van der Waals surface area contributed by atoms with Crippen molar-refractivity contribution in [3.8, 4) is 0 Å². The molecule has 0 bridgehead atoms. The van der Waals surface area contributed by atoms with Gasteiger partial charge >= 0.3 is 0 Å². The highest BCUT2D eigenvalue weighted by Crippen LogP contribution is 2.20. The van der Waals surface area contributed by atoms with Crippen molar-refractivity contribution in [3.05, 3.63) is 65.2 Å². The average molecular weight is 401 g/mol. The van der Waals surface area contributed by atoms with Crippen molar-refractivity contribution >= 4 is 17.3 Å². The van der Waals surface area contributed by atoms with Crippen LogP contribution in [0.5, 0.6) is 0 Å². The van der Waals surface area contributed by atoms with E-state index < -0.39 is 0 Å². The standard InChI is InChI=1S/C16H17ClN2.HI/c1-18-11-12-19(15-9-7-14(17)8-10-15)16(18)13-5-3-2-4-6-13;/h2-10,16H,11-12H2,1H3;1H. The van der Waals surface area contributed by atoms with Crippen LogP contribution in [0.25, 0.3) is 0 Å². The summed E-state index contributed by atoms with van der Waals surface area (Å²) in [7, 11) is 2.20. The number of nitrogens with zero attached hydrogens (tertiary/aromatic N) is 1. The molecule has 0 radical (unpaired) electrons. The summed E-state index contributed by atoms with van der Waals surface area (Å²) in [5.41, 5.74) is 2.68. The molecule has 0 spiro atoms. The molecule has 20 heavy (non-hydrogen) atoms. The SMILES string of the molecule is CN1CC[NH+](c2ccc(Cl)cc2)C1c1ccccc1.[I-]. The minimum absolute atomic E-state index is 0. The van der Waals surface area contributed by atoms with Crippen LogP contribution in [-0.2, 0) is 0 Å². The Kier molecular flexibility index (Phi) is 5.43. The summed E-state index contributed by atoms with van der Waals surface area (Å²) in [4.78, 5) is 3.91. The highest BCUT2D eigenvalue weighted by atomic mass is 127. The number of benzene rings is 2. The number of hydrogen-bond acceptors (Lipinski definition) is 1. The van der Waals surface area contributed by atoms with E-state index in [-0.39, 0.29) is 24.0 Å². The molecule has 1 N–H and O–H groups in total. The zero-order chi connectivity index (χ0) is 13.2. The molecule has 4 heteroatoms. The minimum Gasteiger partial charge on any atom is -1.00 e. The van der Waals surface area contributed by atoms with Gasteiger partial charge in [0.15, 0.2) is 6.17 Å². The van der Waals surface area contributed by atoms with Crippen molar-refractivity contribution in [3.63, 3.8) is 0 Å². The fraction of sp³-hybridized carbons (Fsp3) is 0.250. The normalized spacial score (nSPS) is 22.5. The van der Waals surface area contributed by atoms with Crippen LogP contribution in [0.2, 0.25) is 5.02 Å². The molecule has 0 saturated carbocycles. The predicted octanol–water partition coefficient (Wildman–Crippen LogP) is -0.495. The lowest BCUT2D eigenvalue weighted by Gasteiger charge is -2.24. The van der Waals surface area contributed by atoms with Gasteiger partial charge < -0.3 is 24.0 Å². The first-order chi connectivity index (χ1) is 9.25. The van der Waals surface area contributed by atoms with Crippen LogP contribution >= 0.6 is 11.6 Å². The molecule has 1 aliphatic heterocycles. The summed E-state index contributed by atoms with van der Waals surface area (Å²) in [6, 6.07) is 18.9. The van der Waals surface area contributed by atoms with Gasteiger partial charge in [0, 0.05) is 22.7 Å². The van der Waals surface area contributed by atoms with Crippen molar-refractivity contribution in [2.75, 3.05) is 20.1 Å². The number of likely N-dealkylation sites (N-methyl/N-ethyl adjacent to an activating group) is 1. The van der Waals surface area contributed by atoms with Gasteiger partial charge in [-0.25, -0.2) is 4.90 Å². The molecule has 106 valence electrons. The fourth-order valence-electron chi connectivity index (χ4n) is 2.89. The Hall–Kier alpha value is -0.620. The van der Waals surface area contributed by atoms with E-state index in [1.54, 1.807) is 0 Å². The number of hydrogen-bond donors (Lipinski definition) is 1. The highest BCUT2D eigenvalue weighted by molar-refractivity contribution is 6.30. The first-order valence-corrected chi connectivity index (χ1v) is 7.00. The van der Waals surface area contributed by atoms with Crippen LogP contribution in [0.4, 0.5) is 5.69 Å². The third-order valence-electron chi connectivity index (χ3n) is 3.84. The second-order valence-electron chi connectivity index (χ2n) is 5.08. The largest absolute Gasteiger partial charge is 1.00 e. The van der Waals surface area contributed by atoms with Gasteiger partial charge in [-0.05, 0) is 19.2 Å². The summed E-state index contributed by atoms with van der Waals surface area (Å²) >= 11 is 5.98. The Labute approximate surface area is 142 Å². The van der Waals surface area contributed by atoms with E-state index in [0.29, 0.717) is 6.17 Å². The highest BCUT2D eigenvalue weighted by Gasteiger charge is 2.35. The van der Waals surface area contributed by atoms with Crippen LogP contribution in [-0.4, -0.2) is 25.0 Å². The van der Waals surface area contributed by atoms with Crippen LogP contribution in [0.1, 0.15) is 11.7 Å². The Morgan fingerprint density at radius 3 is 2.35 bits per heavy atom. The van der Waals surface area contributed by atoms with Crippen LogP contribution in [0.3, 0.4) is 0 Å². The zero-order valence-corrected chi connectivity index (χ0v) is 14.3. The van der Waals surface area contributed by atoms with Crippen LogP contribution in [0.15, 0.2) is 54.6 Å². The first-order valence-electron chi connectivity index (χ1n) is 6.62. The molecule has 0 amide bonds. The summed E-state index contributed by atoms with van der Waals surface area (Å²) in [6.45, 7) is 2.23. The maximum absolute atomic E-state index is 5.98. The predicted molar refractivity (Wildman–Crippen MR) is 78.8 cm³/mol. The Morgan fingerprint density at radius 2 is 1.70 bits per heavy atom. The van der Waals surface area contributed by atoms with Gasteiger partial charge in [0.2, 0.25) is 0 Å². The van der Waals surface area contributed by atoms with Gasteiger partial charge in [0.05, 0.1) is 13.1 Å². The smallest absolute Gasteiger partial charge is 0.174 e. The first kappa shape index (κ1) is 15.8. The molecule has 2 atom stereocenters.